The van der Waals surface area contributed by atoms with E-state index in [4.69, 9.17) is 0 Å². The Morgan fingerprint density at radius 2 is 1.48 bits per heavy atom. The number of carbonyl (C=O) groups excluding carboxylic acids is 3. The third-order valence-corrected chi connectivity index (χ3v) is 3.86. The number of carbonyl (C=O) groups is 3. The van der Waals surface area contributed by atoms with Crippen molar-refractivity contribution in [2.45, 2.75) is 13.0 Å². The maximum Gasteiger partial charge on any atom is 0.262 e. The summed E-state index contributed by atoms with van der Waals surface area (Å²) in [5, 5.41) is 2.81. The molecule has 1 aliphatic heterocycles. The number of fused-ring (bicyclic) bond motifs is 1. The fraction of sp³-hybridized carbons (Fsp3) is 0.167. The Balaban J connectivity index is 1.68. The fourth-order valence-corrected chi connectivity index (χ4v) is 2.64. The number of hydrogen-bond donors (Lipinski definition) is 1. The van der Waals surface area contributed by atoms with Crippen LogP contribution in [-0.4, -0.2) is 29.2 Å². The Bertz CT molecular complexity index is 736. The largest absolute Gasteiger partial charge is 0.348 e. The zero-order chi connectivity index (χ0) is 16.4. The van der Waals surface area contributed by atoms with Gasteiger partial charge in [-0.25, -0.2) is 0 Å². The molecule has 0 unspecified atom stereocenters. The van der Waals surface area contributed by atoms with E-state index in [1.165, 1.54) is 0 Å². The first kappa shape index (κ1) is 15.0. The van der Waals surface area contributed by atoms with Gasteiger partial charge in [-0.05, 0) is 24.6 Å². The van der Waals surface area contributed by atoms with Crippen LogP contribution in [0.1, 0.15) is 39.2 Å². The predicted octanol–water partition coefficient (Wildman–Crippen LogP) is 2.16. The van der Waals surface area contributed by atoms with Gasteiger partial charge >= 0.3 is 0 Å². The summed E-state index contributed by atoms with van der Waals surface area (Å²) in [6.45, 7) is 1.58. The summed E-state index contributed by atoms with van der Waals surface area (Å²) in [4.78, 5) is 37.6. The number of amides is 3. The van der Waals surface area contributed by atoms with Crippen molar-refractivity contribution < 1.29 is 14.4 Å². The van der Waals surface area contributed by atoms with Gasteiger partial charge in [-0.2, -0.15) is 0 Å². The minimum absolute atomic E-state index is 0.195. The molecular weight excluding hydrogens is 292 g/mol. The second kappa shape index (κ2) is 6.04. The van der Waals surface area contributed by atoms with Crippen molar-refractivity contribution in [2.24, 2.45) is 0 Å². The summed E-state index contributed by atoms with van der Waals surface area (Å²) in [6.07, 6.45) is 0. The molecule has 2 aromatic rings. The van der Waals surface area contributed by atoms with Crippen LogP contribution in [0.4, 0.5) is 0 Å². The highest BCUT2D eigenvalue weighted by molar-refractivity contribution is 6.22. The maximum absolute atomic E-state index is 12.2. The molecule has 0 saturated heterocycles. The first-order chi connectivity index (χ1) is 11.1. The van der Waals surface area contributed by atoms with Gasteiger partial charge in [0, 0.05) is 0 Å². The van der Waals surface area contributed by atoms with Crippen LogP contribution < -0.4 is 5.32 Å². The van der Waals surface area contributed by atoms with E-state index in [0.29, 0.717) is 11.1 Å². The van der Waals surface area contributed by atoms with Gasteiger partial charge in [0.2, 0.25) is 5.91 Å². The molecular formula is C18H16N2O3. The number of nitrogens with zero attached hydrogens (tertiary/aromatic N) is 1. The first-order valence-electron chi connectivity index (χ1n) is 7.37. The number of hydrogen-bond acceptors (Lipinski definition) is 3. The van der Waals surface area contributed by atoms with Crippen molar-refractivity contribution in [1.82, 2.24) is 10.2 Å². The SMILES string of the molecule is C[C@H](NC(=O)CN1C(=O)c2ccccc2C1=O)c1ccccc1. The summed E-state index contributed by atoms with van der Waals surface area (Å²) in [6, 6.07) is 15.9. The third-order valence-electron chi connectivity index (χ3n) is 3.86. The molecule has 0 saturated carbocycles. The summed E-state index contributed by atoms with van der Waals surface area (Å²) in [5.74, 6) is -1.21. The van der Waals surface area contributed by atoms with Crippen LogP contribution in [0.3, 0.4) is 0 Å². The summed E-state index contributed by atoms with van der Waals surface area (Å²) >= 11 is 0. The van der Waals surface area contributed by atoms with Crippen LogP contribution in [-0.2, 0) is 4.79 Å². The van der Waals surface area contributed by atoms with Crippen molar-refractivity contribution in [3.8, 4) is 0 Å². The Kier molecular flexibility index (Phi) is 3.93. The minimum Gasteiger partial charge on any atom is -0.348 e. The Morgan fingerprint density at radius 3 is 2.04 bits per heavy atom. The molecule has 0 aromatic heterocycles. The number of imide groups is 1. The summed E-state index contributed by atoms with van der Waals surface area (Å²) < 4.78 is 0. The van der Waals surface area contributed by atoms with Crippen LogP contribution in [0.2, 0.25) is 0 Å². The molecule has 5 nitrogen and oxygen atoms in total. The molecule has 1 N–H and O–H groups in total. The van der Waals surface area contributed by atoms with E-state index in [1.54, 1.807) is 24.3 Å². The number of benzene rings is 2. The Hall–Kier alpha value is -2.95. The third kappa shape index (κ3) is 2.85. The quantitative estimate of drug-likeness (QED) is 0.880. The van der Waals surface area contributed by atoms with Gasteiger partial charge in [0.1, 0.15) is 6.54 Å². The highest BCUT2D eigenvalue weighted by atomic mass is 16.2. The van der Waals surface area contributed by atoms with E-state index in [9.17, 15) is 14.4 Å². The molecule has 0 spiro atoms. The van der Waals surface area contributed by atoms with Gasteiger partial charge < -0.3 is 5.32 Å². The molecule has 5 heteroatoms. The molecule has 1 aliphatic rings. The van der Waals surface area contributed by atoms with E-state index in [2.05, 4.69) is 5.32 Å². The van der Waals surface area contributed by atoms with E-state index >= 15 is 0 Å². The number of rotatable bonds is 4. The smallest absolute Gasteiger partial charge is 0.262 e. The minimum atomic E-state index is -0.423. The molecule has 0 fully saturated rings. The molecule has 3 rings (SSSR count). The van der Waals surface area contributed by atoms with Gasteiger partial charge in [0.25, 0.3) is 11.8 Å². The van der Waals surface area contributed by atoms with Gasteiger partial charge in [0.05, 0.1) is 17.2 Å². The van der Waals surface area contributed by atoms with E-state index in [0.717, 1.165) is 10.5 Å². The van der Waals surface area contributed by atoms with Crippen molar-refractivity contribution >= 4 is 17.7 Å². The van der Waals surface area contributed by atoms with Crippen molar-refractivity contribution in [2.75, 3.05) is 6.54 Å². The lowest BCUT2D eigenvalue weighted by atomic mass is 10.1. The fourth-order valence-electron chi connectivity index (χ4n) is 2.64. The summed E-state index contributed by atoms with van der Waals surface area (Å²) in [7, 11) is 0. The van der Waals surface area contributed by atoms with Crippen LogP contribution in [0.25, 0.3) is 0 Å². The molecule has 23 heavy (non-hydrogen) atoms. The van der Waals surface area contributed by atoms with Crippen LogP contribution >= 0.6 is 0 Å². The average molecular weight is 308 g/mol. The average Bonchev–Trinajstić information content (AvgIpc) is 2.81. The summed E-state index contributed by atoms with van der Waals surface area (Å²) in [5.41, 5.74) is 1.66. The molecule has 116 valence electrons. The van der Waals surface area contributed by atoms with Gasteiger partial charge in [-0.1, -0.05) is 42.5 Å². The zero-order valence-corrected chi connectivity index (χ0v) is 12.7. The monoisotopic (exact) mass is 308 g/mol. The normalized spacial score (nSPS) is 14.6. The molecule has 2 aromatic carbocycles. The van der Waals surface area contributed by atoms with E-state index in [1.807, 2.05) is 37.3 Å². The van der Waals surface area contributed by atoms with Gasteiger partial charge in [-0.15, -0.1) is 0 Å². The molecule has 1 atom stereocenters. The van der Waals surface area contributed by atoms with E-state index in [-0.39, 0.29) is 18.5 Å². The molecule has 3 amide bonds. The lowest BCUT2D eigenvalue weighted by Gasteiger charge is -2.17. The lowest BCUT2D eigenvalue weighted by molar-refractivity contribution is -0.122. The van der Waals surface area contributed by atoms with Gasteiger partial charge in [-0.3, -0.25) is 19.3 Å². The molecule has 0 bridgehead atoms. The van der Waals surface area contributed by atoms with Crippen LogP contribution in [0, 0.1) is 0 Å². The number of nitrogens with one attached hydrogen (secondary N) is 1. The lowest BCUT2D eigenvalue weighted by Crippen LogP contribution is -2.41. The van der Waals surface area contributed by atoms with Gasteiger partial charge in [0.15, 0.2) is 0 Å². The second-order valence-electron chi connectivity index (χ2n) is 5.44. The zero-order valence-electron chi connectivity index (χ0n) is 12.7. The van der Waals surface area contributed by atoms with Crippen molar-refractivity contribution in [1.29, 1.82) is 0 Å². The molecule has 1 heterocycles. The topological polar surface area (TPSA) is 66.5 Å². The van der Waals surface area contributed by atoms with Crippen LogP contribution in [0.15, 0.2) is 54.6 Å². The predicted molar refractivity (Wildman–Crippen MR) is 84.8 cm³/mol. The Morgan fingerprint density at radius 1 is 0.957 bits per heavy atom. The standard InChI is InChI=1S/C18H16N2O3/c1-12(13-7-3-2-4-8-13)19-16(21)11-20-17(22)14-9-5-6-10-15(14)18(20)23/h2-10,12H,11H2,1H3,(H,19,21)/t12-/m0/s1. The van der Waals surface area contributed by atoms with E-state index < -0.39 is 11.8 Å². The molecule has 0 radical (unpaired) electrons. The van der Waals surface area contributed by atoms with Crippen molar-refractivity contribution in [3.05, 3.63) is 71.3 Å². The highest BCUT2D eigenvalue weighted by Crippen LogP contribution is 2.22. The second-order valence-corrected chi connectivity index (χ2v) is 5.44. The van der Waals surface area contributed by atoms with Crippen LogP contribution in [0.5, 0.6) is 0 Å². The highest BCUT2D eigenvalue weighted by Gasteiger charge is 2.36. The first-order valence-corrected chi connectivity index (χ1v) is 7.37. The Labute approximate surface area is 133 Å². The molecule has 0 aliphatic carbocycles. The maximum atomic E-state index is 12.2. The van der Waals surface area contributed by atoms with Crippen molar-refractivity contribution in [3.63, 3.8) is 0 Å².